The second-order valence-electron chi connectivity index (χ2n) is 5.81. The van der Waals surface area contributed by atoms with Gasteiger partial charge in [-0.25, -0.2) is 4.79 Å². The summed E-state index contributed by atoms with van der Waals surface area (Å²) in [6, 6.07) is 9.22. The van der Waals surface area contributed by atoms with Crippen LogP contribution in [0.25, 0.3) is 10.8 Å². The number of aryl methyl sites for hydroxylation is 1. The van der Waals surface area contributed by atoms with Gasteiger partial charge in [0, 0.05) is 5.39 Å². The SMILES string of the molecule is Cc1ccc2ccc(O)c(NC(=O)OC(C)(C)C)c2c1. The zero-order valence-electron chi connectivity index (χ0n) is 12.2. The molecule has 2 aromatic rings. The highest BCUT2D eigenvalue weighted by Gasteiger charge is 2.18. The fourth-order valence-electron chi connectivity index (χ4n) is 1.96. The number of amides is 1. The molecule has 2 aromatic carbocycles. The highest BCUT2D eigenvalue weighted by atomic mass is 16.6. The third-order valence-corrected chi connectivity index (χ3v) is 2.78. The van der Waals surface area contributed by atoms with E-state index in [0.29, 0.717) is 5.69 Å². The van der Waals surface area contributed by atoms with Crippen LogP contribution in [0.1, 0.15) is 26.3 Å². The fraction of sp³-hybridized carbons (Fsp3) is 0.312. The number of hydrogen-bond acceptors (Lipinski definition) is 3. The Morgan fingerprint density at radius 1 is 1.20 bits per heavy atom. The van der Waals surface area contributed by atoms with Crippen molar-refractivity contribution in [2.24, 2.45) is 0 Å². The standard InChI is InChI=1S/C16H19NO3/c1-10-5-6-11-7-8-13(18)14(12(11)9-10)17-15(19)20-16(2,3)4/h5-9,18H,1-4H3,(H,17,19). The molecule has 1 amide bonds. The summed E-state index contributed by atoms with van der Waals surface area (Å²) in [5.74, 6) is 0.0222. The molecular weight excluding hydrogens is 254 g/mol. The van der Waals surface area contributed by atoms with Gasteiger partial charge in [-0.05, 0) is 45.2 Å². The van der Waals surface area contributed by atoms with Crippen LogP contribution in [0.3, 0.4) is 0 Å². The summed E-state index contributed by atoms with van der Waals surface area (Å²) in [5.41, 5.74) is 0.844. The first-order chi connectivity index (χ1) is 9.26. The van der Waals surface area contributed by atoms with Gasteiger partial charge in [0.2, 0.25) is 0 Å². The molecule has 0 saturated heterocycles. The van der Waals surface area contributed by atoms with Gasteiger partial charge in [-0.3, -0.25) is 5.32 Å². The number of hydrogen-bond donors (Lipinski definition) is 2. The van der Waals surface area contributed by atoms with Gasteiger partial charge in [0.25, 0.3) is 0 Å². The Kier molecular flexibility index (Phi) is 3.57. The molecule has 0 aliphatic carbocycles. The van der Waals surface area contributed by atoms with E-state index in [1.807, 2.05) is 31.2 Å². The zero-order chi connectivity index (χ0) is 14.9. The first-order valence-corrected chi connectivity index (χ1v) is 6.48. The number of benzene rings is 2. The lowest BCUT2D eigenvalue weighted by Gasteiger charge is -2.20. The summed E-state index contributed by atoms with van der Waals surface area (Å²) >= 11 is 0. The minimum absolute atomic E-state index is 0.0222. The van der Waals surface area contributed by atoms with Gasteiger partial charge in [0.1, 0.15) is 11.4 Å². The van der Waals surface area contributed by atoms with Crippen molar-refractivity contribution in [3.05, 3.63) is 35.9 Å². The molecule has 0 aliphatic rings. The smallest absolute Gasteiger partial charge is 0.412 e. The van der Waals surface area contributed by atoms with Crippen LogP contribution < -0.4 is 5.32 Å². The fourth-order valence-corrected chi connectivity index (χ4v) is 1.96. The Hall–Kier alpha value is -2.23. The Morgan fingerprint density at radius 2 is 1.85 bits per heavy atom. The van der Waals surface area contributed by atoms with E-state index in [-0.39, 0.29) is 5.75 Å². The van der Waals surface area contributed by atoms with Crippen LogP contribution in [-0.2, 0) is 4.74 Å². The molecule has 0 aliphatic heterocycles. The van der Waals surface area contributed by atoms with E-state index in [1.54, 1.807) is 26.8 Å². The average Bonchev–Trinajstić information content (AvgIpc) is 2.31. The number of nitrogens with one attached hydrogen (secondary N) is 1. The van der Waals surface area contributed by atoms with E-state index in [9.17, 15) is 9.90 Å². The average molecular weight is 273 g/mol. The Balaban J connectivity index is 2.40. The molecular formula is C16H19NO3. The van der Waals surface area contributed by atoms with Crippen LogP contribution in [-0.4, -0.2) is 16.8 Å². The van der Waals surface area contributed by atoms with Crippen LogP contribution in [0.4, 0.5) is 10.5 Å². The number of phenolic OH excluding ortho intramolecular Hbond substituents is 1. The minimum Gasteiger partial charge on any atom is -0.506 e. The van der Waals surface area contributed by atoms with Crippen LogP contribution in [0.2, 0.25) is 0 Å². The Labute approximate surface area is 118 Å². The molecule has 0 heterocycles. The predicted octanol–water partition coefficient (Wildman–Crippen LogP) is 4.20. The number of carbonyl (C=O) groups is 1. The Bertz CT molecular complexity index is 651. The van der Waals surface area contributed by atoms with Crippen molar-refractivity contribution < 1.29 is 14.6 Å². The number of phenols is 1. The maximum absolute atomic E-state index is 11.9. The predicted molar refractivity (Wildman–Crippen MR) is 80.2 cm³/mol. The van der Waals surface area contributed by atoms with Crippen molar-refractivity contribution in [3.8, 4) is 5.75 Å². The van der Waals surface area contributed by atoms with Gasteiger partial charge in [-0.2, -0.15) is 0 Å². The van der Waals surface area contributed by atoms with Gasteiger partial charge in [-0.1, -0.05) is 23.8 Å². The van der Waals surface area contributed by atoms with E-state index in [4.69, 9.17) is 4.74 Å². The molecule has 0 spiro atoms. The van der Waals surface area contributed by atoms with Gasteiger partial charge in [-0.15, -0.1) is 0 Å². The lowest BCUT2D eigenvalue weighted by molar-refractivity contribution is 0.0635. The second kappa shape index (κ2) is 5.04. The molecule has 0 bridgehead atoms. The van der Waals surface area contributed by atoms with Crippen molar-refractivity contribution in [1.82, 2.24) is 0 Å². The van der Waals surface area contributed by atoms with Crippen LogP contribution >= 0.6 is 0 Å². The van der Waals surface area contributed by atoms with Crippen molar-refractivity contribution >= 4 is 22.6 Å². The van der Waals surface area contributed by atoms with Crippen molar-refractivity contribution in [2.45, 2.75) is 33.3 Å². The van der Waals surface area contributed by atoms with Gasteiger partial charge in [0.05, 0.1) is 5.69 Å². The molecule has 0 aromatic heterocycles. The summed E-state index contributed by atoms with van der Waals surface area (Å²) in [7, 11) is 0. The molecule has 0 fully saturated rings. The molecule has 4 heteroatoms. The summed E-state index contributed by atoms with van der Waals surface area (Å²) in [6.07, 6.45) is -0.582. The molecule has 106 valence electrons. The monoisotopic (exact) mass is 273 g/mol. The second-order valence-corrected chi connectivity index (χ2v) is 5.81. The highest BCUT2D eigenvalue weighted by molar-refractivity contribution is 6.03. The number of rotatable bonds is 1. The lowest BCUT2D eigenvalue weighted by atomic mass is 10.1. The molecule has 0 atom stereocenters. The Morgan fingerprint density at radius 3 is 2.50 bits per heavy atom. The van der Waals surface area contributed by atoms with Crippen molar-refractivity contribution in [3.63, 3.8) is 0 Å². The van der Waals surface area contributed by atoms with E-state index in [0.717, 1.165) is 16.3 Å². The summed E-state index contributed by atoms with van der Waals surface area (Å²) in [4.78, 5) is 11.9. The topological polar surface area (TPSA) is 58.6 Å². The molecule has 0 radical (unpaired) electrons. The van der Waals surface area contributed by atoms with Gasteiger partial charge in [0.15, 0.2) is 0 Å². The largest absolute Gasteiger partial charge is 0.506 e. The number of aromatic hydroxyl groups is 1. The normalized spacial score (nSPS) is 11.4. The molecule has 0 saturated carbocycles. The molecule has 20 heavy (non-hydrogen) atoms. The van der Waals surface area contributed by atoms with Crippen molar-refractivity contribution in [1.29, 1.82) is 0 Å². The van der Waals surface area contributed by atoms with E-state index < -0.39 is 11.7 Å². The minimum atomic E-state index is -0.583. The third kappa shape index (κ3) is 3.20. The van der Waals surface area contributed by atoms with E-state index in [1.165, 1.54) is 0 Å². The number of ether oxygens (including phenoxy) is 1. The maximum Gasteiger partial charge on any atom is 0.412 e. The van der Waals surface area contributed by atoms with Crippen LogP contribution in [0, 0.1) is 6.92 Å². The summed E-state index contributed by atoms with van der Waals surface area (Å²) in [5, 5.41) is 14.3. The van der Waals surface area contributed by atoms with Crippen molar-refractivity contribution in [2.75, 3.05) is 5.32 Å². The summed E-state index contributed by atoms with van der Waals surface area (Å²) < 4.78 is 5.21. The third-order valence-electron chi connectivity index (χ3n) is 2.78. The quantitative estimate of drug-likeness (QED) is 0.765. The molecule has 4 nitrogen and oxygen atoms in total. The van der Waals surface area contributed by atoms with Gasteiger partial charge >= 0.3 is 6.09 Å². The zero-order valence-corrected chi connectivity index (χ0v) is 12.2. The maximum atomic E-state index is 11.9. The van der Waals surface area contributed by atoms with Crippen LogP contribution in [0.15, 0.2) is 30.3 Å². The summed E-state index contributed by atoms with van der Waals surface area (Å²) in [6.45, 7) is 7.33. The first kappa shape index (κ1) is 14.2. The van der Waals surface area contributed by atoms with E-state index >= 15 is 0 Å². The molecule has 0 unspecified atom stereocenters. The lowest BCUT2D eigenvalue weighted by Crippen LogP contribution is -2.27. The van der Waals surface area contributed by atoms with Gasteiger partial charge < -0.3 is 9.84 Å². The van der Waals surface area contributed by atoms with Crippen LogP contribution in [0.5, 0.6) is 5.75 Å². The number of anilines is 1. The van der Waals surface area contributed by atoms with E-state index in [2.05, 4.69) is 5.32 Å². The number of fused-ring (bicyclic) bond motifs is 1. The first-order valence-electron chi connectivity index (χ1n) is 6.48. The molecule has 2 N–H and O–H groups in total. The molecule has 2 rings (SSSR count). The number of carbonyl (C=O) groups excluding carboxylic acids is 1. The highest BCUT2D eigenvalue weighted by Crippen LogP contribution is 2.33.